The number of hydrogen-bond donors (Lipinski definition) is 3. The molecule has 30 heavy (non-hydrogen) atoms. The normalized spacial score (nSPS) is 25.3. The molecule has 1 aromatic heterocycles. The molecule has 2 fully saturated rings. The lowest BCUT2D eigenvalue weighted by Crippen LogP contribution is -2.41. The predicted octanol–water partition coefficient (Wildman–Crippen LogP) is 2.92. The summed E-state index contributed by atoms with van der Waals surface area (Å²) >= 11 is 0. The number of anilines is 1. The molecular weight excluding hydrogens is 383 g/mol. The Morgan fingerprint density at radius 3 is 2.37 bits per heavy atom. The molecule has 2 aromatic rings. The number of carboxylic acid groups (broad SMARTS) is 1. The van der Waals surface area contributed by atoms with Crippen LogP contribution in [0.5, 0.6) is 0 Å². The summed E-state index contributed by atoms with van der Waals surface area (Å²) in [5.41, 5.74) is 1.05. The first-order valence-corrected chi connectivity index (χ1v) is 10.5. The van der Waals surface area contributed by atoms with E-state index in [1.807, 2.05) is 52.1 Å². The zero-order valence-electron chi connectivity index (χ0n) is 17.9. The maximum atomic E-state index is 10.8. The van der Waals surface area contributed by atoms with E-state index in [1.54, 1.807) is 0 Å². The Hall–Kier alpha value is -2.39. The number of amides is 1. The molecule has 3 N–H and O–H groups in total. The molecule has 4 rings (SSSR count). The average molecular weight is 412 g/mol. The SMILES string of the molecule is CC1(C)OB(c2ccc3nc(NC4CCC(NC(=O)O)CC4)ncc3c2)OC1(C)C. The van der Waals surface area contributed by atoms with Crippen molar-refractivity contribution in [3.63, 3.8) is 0 Å². The van der Waals surface area contributed by atoms with Crippen molar-refractivity contribution in [2.75, 3.05) is 5.32 Å². The molecule has 2 aliphatic rings. The molecule has 1 amide bonds. The van der Waals surface area contributed by atoms with Crippen LogP contribution in [-0.4, -0.2) is 51.6 Å². The van der Waals surface area contributed by atoms with Crippen LogP contribution in [0.1, 0.15) is 53.4 Å². The maximum Gasteiger partial charge on any atom is 0.494 e. The number of rotatable bonds is 4. The predicted molar refractivity (Wildman–Crippen MR) is 116 cm³/mol. The van der Waals surface area contributed by atoms with Crippen molar-refractivity contribution >= 4 is 35.5 Å². The van der Waals surface area contributed by atoms with Crippen molar-refractivity contribution in [1.29, 1.82) is 0 Å². The summed E-state index contributed by atoms with van der Waals surface area (Å²) in [5, 5.41) is 15.7. The highest BCUT2D eigenvalue weighted by atomic mass is 16.7. The zero-order valence-corrected chi connectivity index (χ0v) is 17.9. The van der Waals surface area contributed by atoms with Crippen LogP contribution in [0, 0.1) is 0 Å². The van der Waals surface area contributed by atoms with Gasteiger partial charge >= 0.3 is 13.2 Å². The zero-order chi connectivity index (χ0) is 21.5. The number of carbonyl (C=O) groups is 1. The molecule has 1 aromatic carbocycles. The molecule has 0 unspecified atom stereocenters. The summed E-state index contributed by atoms with van der Waals surface area (Å²) in [5.74, 6) is 0.598. The fourth-order valence-corrected chi connectivity index (χ4v) is 3.99. The molecule has 1 saturated carbocycles. The second kappa shape index (κ2) is 7.70. The lowest BCUT2D eigenvalue weighted by molar-refractivity contribution is 0.00578. The van der Waals surface area contributed by atoms with E-state index in [9.17, 15) is 4.79 Å². The standard InChI is InChI=1S/C21H29BN4O4/c1-20(2)21(3,4)30-22(29-20)14-5-10-17-13(11-14)12-23-18(26-17)24-15-6-8-16(9-7-15)25-19(27)28/h5,10-12,15-16,25H,6-9H2,1-4H3,(H,27,28)(H,23,24,26). The summed E-state index contributed by atoms with van der Waals surface area (Å²) in [6, 6.07) is 6.26. The third kappa shape index (κ3) is 4.22. The Morgan fingerprint density at radius 2 is 1.73 bits per heavy atom. The van der Waals surface area contributed by atoms with E-state index in [2.05, 4.69) is 20.6 Å². The Kier molecular flexibility index (Phi) is 5.36. The second-order valence-corrected chi connectivity index (χ2v) is 9.24. The molecule has 1 aliphatic carbocycles. The average Bonchev–Trinajstić information content (AvgIpc) is 2.90. The van der Waals surface area contributed by atoms with E-state index in [-0.39, 0.29) is 23.3 Å². The maximum absolute atomic E-state index is 10.8. The quantitative estimate of drug-likeness (QED) is 0.663. The van der Waals surface area contributed by atoms with E-state index < -0.39 is 13.2 Å². The van der Waals surface area contributed by atoms with Crippen molar-refractivity contribution in [3.8, 4) is 0 Å². The number of nitrogens with zero attached hydrogens (tertiary/aromatic N) is 2. The molecule has 2 heterocycles. The van der Waals surface area contributed by atoms with Gasteiger partial charge in [0, 0.05) is 23.7 Å². The molecule has 1 saturated heterocycles. The fourth-order valence-electron chi connectivity index (χ4n) is 3.99. The van der Waals surface area contributed by atoms with E-state index in [0.717, 1.165) is 42.0 Å². The van der Waals surface area contributed by atoms with Crippen molar-refractivity contribution in [1.82, 2.24) is 15.3 Å². The first-order valence-electron chi connectivity index (χ1n) is 10.5. The molecule has 0 spiro atoms. The van der Waals surface area contributed by atoms with Gasteiger partial charge in [0.05, 0.1) is 16.7 Å². The monoisotopic (exact) mass is 412 g/mol. The summed E-state index contributed by atoms with van der Waals surface area (Å²) in [6.07, 6.45) is 4.26. The minimum absolute atomic E-state index is 0.0338. The van der Waals surface area contributed by atoms with Gasteiger partial charge in [-0.2, -0.15) is 0 Å². The van der Waals surface area contributed by atoms with Crippen molar-refractivity contribution in [2.45, 2.75) is 76.7 Å². The molecule has 1 aliphatic heterocycles. The molecule has 0 bridgehead atoms. The Morgan fingerprint density at radius 1 is 1.10 bits per heavy atom. The van der Waals surface area contributed by atoms with Crippen LogP contribution in [-0.2, 0) is 9.31 Å². The number of fused-ring (bicyclic) bond motifs is 1. The summed E-state index contributed by atoms with van der Waals surface area (Å²) in [6.45, 7) is 8.17. The minimum atomic E-state index is -0.954. The van der Waals surface area contributed by atoms with Gasteiger partial charge in [0.1, 0.15) is 0 Å². The van der Waals surface area contributed by atoms with Crippen molar-refractivity contribution < 1.29 is 19.2 Å². The lowest BCUT2D eigenvalue weighted by Gasteiger charge is -2.32. The van der Waals surface area contributed by atoms with Gasteiger partial charge in [0.2, 0.25) is 5.95 Å². The largest absolute Gasteiger partial charge is 0.494 e. The van der Waals surface area contributed by atoms with Gasteiger partial charge in [-0.05, 0) is 64.9 Å². The van der Waals surface area contributed by atoms with Crippen LogP contribution in [0.4, 0.5) is 10.7 Å². The molecule has 0 radical (unpaired) electrons. The number of benzene rings is 1. The van der Waals surface area contributed by atoms with Crippen LogP contribution in [0.3, 0.4) is 0 Å². The Balaban J connectivity index is 1.42. The number of hydrogen-bond acceptors (Lipinski definition) is 6. The highest BCUT2D eigenvalue weighted by molar-refractivity contribution is 6.62. The van der Waals surface area contributed by atoms with Gasteiger partial charge in [0.25, 0.3) is 0 Å². The summed E-state index contributed by atoms with van der Waals surface area (Å²) in [4.78, 5) is 19.9. The second-order valence-electron chi connectivity index (χ2n) is 9.24. The van der Waals surface area contributed by atoms with Crippen LogP contribution in [0.2, 0.25) is 0 Å². The molecule has 8 nitrogen and oxygen atoms in total. The minimum Gasteiger partial charge on any atom is -0.465 e. The van der Waals surface area contributed by atoms with Crippen LogP contribution >= 0.6 is 0 Å². The first-order chi connectivity index (χ1) is 14.1. The van der Waals surface area contributed by atoms with E-state index in [1.165, 1.54) is 0 Å². The molecule has 0 atom stereocenters. The van der Waals surface area contributed by atoms with Gasteiger partial charge < -0.3 is 25.0 Å². The third-order valence-corrected chi connectivity index (χ3v) is 6.52. The first kappa shape index (κ1) is 20.9. The Bertz CT molecular complexity index is 928. The van der Waals surface area contributed by atoms with Gasteiger partial charge in [-0.3, -0.25) is 0 Å². The van der Waals surface area contributed by atoms with Crippen LogP contribution < -0.4 is 16.1 Å². The number of nitrogens with one attached hydrogen (secondary N) is 2. The fraction of sp³-hybridized carbons (Fsp3) is 0.571. The summed E-state index contributed by atoms with van der Waals surface area (Å²) in [7, 11) is -0.410. The molecule has 160 valence electrons. The van der Waals surface area contributed by atoms with Gasteiger partial charge in [-0.15, -0.1) is 0 Å². The highest BCUT2D eigenvalue weighted by Crippen LogP contribution is 2.36. The third-order valence-electron chi connectivity index (χ3n) is 6.52. The van der Waals surface area contributed by atoms with E-state index >= 15 is 0 Å². The van der Waals surface area contributed by atoms with Crippen molar-refractivity contribution in [2.24, 2.45) is 0 Å². The smallest absolute Gasteiger partial charge is 0.465 e. The summed E-state index contributed by atoms with van der Waals surface area (Å²) < 4.78 is 12.3. The topological polar surface area (TPSA) is 106 Å². The molecular formula is C21H29BN4O4. The Labute approximate surface area is 176 Å². The van der Waals surface area contributed by atoms with Gasteiger partial charge in [0.15, 0.2) is 0 Å². The van der Waals surface area contributed by atoms with Crippen LogP contribution in [0.25, 0.3) is 10.9 Å². The lowest BCUT2D eigenvalue weighted by atomic mass is 9.78. The highest BCUT2D eigenvalue weighted by Gasteiger charge is 2.51. The van der Waals surface area contributed by atoms with E-state index in [0.29, 0.717) is 5.95 Å². The van der Waals surface area contributed by atoms with Crippen molar-refractivity contribution in [3.05, 3.63) is 24.4 Å². The van der Waals surface area contributed by atoms with E-state index in [4.69, 9.17) is 14.4 Å². The van der Waals surface area contributed by atoms with Gasteiger partial charge in [-0.25, -0.2) is 14.8 Å². The number of aromatic nitrogens is 2. The van der Waals surface area contributed by atoms with Gasteiger partial charge in [-0.1, -0.05) is 12.1 Å². The van der Waals surface area contributed by atoms with Crippen LogP contribution in [0.15, 0.2) is 24.4 Å². The molecule has 9 heteroatoms.